The molecule has 1 fully saturated rings. The van der Waals surface area contributed by atoms with Gasteiger partial charge in [0.15, 0.2) is 11.6 Å². The van der Waals surface area contributed by atoms with E-state index in [2.05, 4.69) is 31.1 Å². The van der Waals surface area contributed by atoms with Gasteiger partial charge in [-0.25, -0.2) is 4.98 Å². The van der Waals surface area contributed by atoms with Crippen LogP contribution in [0.1, 0.15) is 24.4 Å². The molecule has 1 N–H and O–H groups in total. The summed E-state index contributed by atoms with van der Waals surface area (Å²) in [4.78, 5) is 30.5. The van der Waals surface area contributed by atoms with E-state index >= 15 is 0 Å². The predicted molar refractivity (Wildman–Crippen MR) is 96.5 cm³/mol. The van der Waals surface area contributed by atoms with Crippen molar-refractivity contribution in [3.05, 3.63) is 51.0 Å². The summed E-state index contributed by atoms with van der Waals surface area (Å²) in [7, 11) is 3.65. The van der Waals surface area contributed by atoms with E-state index in [0.29, 0.717) is 11.0 Å². The third-order valence-electron chi connectivity index (χ3n) is 4.21. The van der Waals surface area contributed by atoms with E-state index in [1.54, 1.807) is 13.2 Å². The van der Waals surface area contributed by atoms with Gasteiger partial charge in [0.1, 0.15) is 4.60 Å². The molecule has 24 heavy (non-hydrogen) atoms. The van der Waals surface area contributed by atoms with Crippen molar-refractivity contribution in [3.8, 4) is 0 Å². The number of rotatable bonds is 3. The molecule has 3 rings (SSSR count). The Balaban J connectivity index is 1.83. The van der Waals surface area contributed by atoms with Crippen molar-refractivity contribution in [1.82, 2.24) is 14.5 Å². The number of aromatic nitrogens is 2. The van der Waals surface area contributed by atoms with Gasteiger partial charge in [-0.3, -0.25) is 14.5 Å². The van der Waals surface area contributed by atoms with Crippen LogP contribution in [0.25, 0.3) is 0 Å². The molecule has 2 aromatic rings. The molecule has 1 aromatic carbocycles. The summed E-state index contributed by atoms with van der Waals surface area (Å²) in [6, 6.07) is 7.41. The second-order valence-electron chi connectivity index (χ2n) is 6.03. The predicted octanol–water partition coefficient (Wildman–Crippen LogP) is 2.62. The summed E-state index contributed by atoms with van der Waals surface area (Å²) in [5.41, 5.74) is 1.53. The van der Waals surface area contributed by atoms with E-state index in [0.717, 1.165) is 24.2 Å². The van der Waals surface area contributed by atoms with Gasteiger partial charge < -0.3 is 9.88 Å². The van der Waals surface area contributed by atoms with Crippen molar-refractivity contribution >= 4 is 33.2 Å². The van der Waals surface area contributed by atoms with E-state index in [-0.39, 0.29) is 23.2 Å². The highest BCUT2D eigenvalue weighted by Crippen LogP contribution is 2.28. The second-order valence-corrected chi connectivity index (χ2v) is 6.84. The van der Waals surface area contributed by atoms with Crippen molar-refractivity contribution in [1.29, 1.82) is 0 Å². The van der Waals surface area contributed by atoms with Crippen molar-refractivity contribution < 1.29 is 4.79 Å². The van der Waals surface area contributed by atoms with Crippen LogP contribution in [0.3, 0.4) is 0 Å². The molecule has 7 heteroatoms. The van der Waals surface area contributed by atoms with E-state index in [1.165, 1.54) is 4.57 Å². The fraction of sp³-hybridized carbons (Fsp3) is 0.353. The zero-order chi connectivity index (χ0) is 17.3. The van der Waals surface area contributed by atoms with Gasteiger partial charge in [0.2, 0.25) is 0 Å². The van der Waals surface area contributed by atoms with Gasteiger partial charge in [-0.05, 0) is 53.6 Å². The summed E-state index contributed by atoms with van der Waals surface area (Å²) >= 11 is 3.28. The zero-order valence-electron chi connectivity index (χ0n) is 13.6. The zero-order valence-corrected chi connectivity index (χ0v) is 15.2. The minimum atomic E-state index is -0.204. The average Bonchev–Trinajstić information content (AvgIpc) is 2.53. The van der Waals surface area contributed by atoms with Crippen molar-refractivity contribution in [2.24, 2.45) is 7.05 Å². The molecule has 0 amide bonds. The minimum Gasteiger partial charge on any atom is -0.336 e. The standard InChI is InChI=1S/C17H19BrN4O2/c1-21-9-3-4-13(23)15(21)11-5-7-12(8-6-11)19-16-17(24)22(2)10-14(18)20-16/h5-8,10,15H,3-4,9H2,1-2H3,(H,19,20)/t15-/m1/s1. The molecular formula is C17H19BrN4O2. The van der Waals surface area contributed by atoms with Crippen LogP contribution >= 0.6 is 15.9 Å². The number of hydrogen-bond donors (Lipinski definition) is 1. The lowest BCUT2D eigenvalue weighted by Crippen LogP contribution is -2.36. The lowest BCUT2D eigenvalue weighted by molar-refractivity contribution is -0.126. The fourth-order valence-corrected chi connectivity index (χ4v) is 3.47. The molecule has 0 aliphatic carbocycles. The number of nitrogens with one attached hydrogen (secondary N) is 1. The Morgan fingerprint density at radius 2 is 1.92 bits per heavy atom. The first-order valence-electron chi connectivity index (χ1n) is 7.79. The number of carbonyl (C=O) groups excluding carboxylic acids is 1. The number of halogens is 1. The number of piperidine rings is 1. The molecule has 126 valence electrons. The molecule has 0 bridgehead atoms. The van der Waals surface area contributed by atoms with Gasteiger partial charge in [-0.15, -0.1) is 0 Å². The number of likely N-dealkylation sites (N-methyl/N-ethyl adjacent to an activating group) is 1. The first kappa shape index (κ1) is 16.9. The first-order chi connectivity index (χ1) is 11.5. The minimum absolute atomic E-state index is 0.176. The summed E-state index contributed by atoms with van der Waals surface area (Å²) in [6.07, 6.45) is 3.16. The molecule has 1 aromatic heterocycles. The van der Waals surface area contributed by atoms with Crippen molar-refractivity contribution in [3.63, 3.8) is 0 Å². The Kier molecular flexibility index (Phi) is 4.82. The molecule has 0 spiro atoms. The highest BCUT2D eigenvalue weighted by Gasteiger charge is 2.28. The third kappa shape index (κ3) is 3.42. The van der Waals surface area contributed by atoms with Crippen LogP contribution in [-0.4, -0.2) is 33.8 Å². The first-order valence-corrected chi connectivity index (χ1v) is 8.58. The number of carbonyl (C=O) groups is 1. The van der Waals surface area contributed by atoms with Gasteiger partial charge >= 0.3 is 0 Å². The monoisotopic (exact) mass is 390 g/mol. The molecule has 1 aliphatic heterocycles. The molecule has 1 atom stereocenters. The van der Waals surface area contributed by atoms with Crippen LogP contribution in [0.4, 0.5) is 11.5 Å². The van der Waals surface area contributed by atoms with Gasteiger partial charge in [0.25, 0.3) is 5.56 Å². The van der Waals surface area contributed by atoms with Crippen LogP contribution in [0.2, 0.25) is 0 Å². The average molecular weight is 391 g/mol. The quantitative estimate of drug-likeness (QED) is 0.872. The number of likely N-dealkylation sites (tertiary alicyclic amines) is 1. The van der Waals surface area contributed by atoms with E-state index in [9.17, 15) is 9.59 Å². The van der Waals surface area contributed by atoms with Gasteiger partial charge in [0, 0.05) is 25.4 Å². The third-order valence-corrected chi connectivity index (χ3v) is 4.59. The largest absolute Gasteiger partial charge is 0.336 e. The number of Topliss-reactive ketones (excluding diaryl/α,β-unsaturated/α-hetero) is 1. The maximum atomic E-state index is 12.2. The molecule has 0 unspecified atom stereocenters. The Labute approximate surface area is 148 Å². The maximum absolute atomic E-state index is 12.2. The highest BCUT2D eigenvalue weighted by molar-refractivity contribution is 9.10. The Morgan fingerprint density at radius 1 is 1.21 bits per heavy atom. The van der Waals surface area contributed by atoms with Crippen LogP contribution in [-0.2, 0) is 11.8 Å². The summed E-state index contributed by atoms with van der Waals surface area (Å²) in [5, 5.41) is 3.03. The highest BCUT2D eigenvalue weighted by atomic mass is 79.9. The Morgan fingerprint density at radius 3 is 2.58 bits per heavy atom. The molecule has 6 nitrogen and oxygen atoms in total. The molecule has 0 radical (unpaired) electrons. The van der Waals surface area contributed by atoms with Gasteiger partial charge in [-0.1, -0.05) is 12.1 Å². The normalized spacial score (nSPS) is 18.6. The number of hydrogen-bond acceptors (Lipinski definition) is 5. The molecular weight excluding hydrogens is 372 g/mol. The smallest absolute Gasteiger partial charge is 0.293 e. The van der Waals surface area contributed by atoms with Crippen LogP contribution in [0.5, 0.6) is 0 Å². The lowest BCUT2D eigenvalue weighted by Gasteiger charge is -2.31. The Bertz CT molecular complexity index is 816. The van der Waals surface area contributed by atoms with E-state index < -0.39 is 0 Å². The van der Waals surface area contributed by atoms with Crippen LogP contribution < -0.4 is 10.9 Å². The topological polar surface area (TPSA) is 67.2 Å². The molecule has 0 saturated carbocycles. The number of aryl methyl sites for hydroxylation is 1. The van der Waals surface area contributed by atoms with Gasteiger partial charge in [0.05, 0.1) is 6.04 Å². The summed E-state index contributed by atoms with van der Waals surface area (Å²) in [6.45, 7) is 0.925. The maximum Gasteiger partial charge on any atom is 0.293 e. The Hall–Kier alpha value is -1.99. The summed E-state index contributed by atoms with van der Waals surface area (Å²) < 4.78 is 2.04. The molecule has 1 saturated heterocycles. The van der Waals surface area contributed by atoms with Crippen molar-refractivity contribution in [2.45, 2.75) is 18.9 Å². The van der Waals surface area contributed by atoms with Crippen LogP contribution in [0.15, 0.2) is 39.9 Å². The number of benzene rings is 1. The number of ketones is 1. The number of anilines is 2. The number of nitrogens with zero attached hydrogens (tertiary/aromatic N) is 3. The van der Waals surface area contributed by atoms with Crippen LogP contribution in [0, 0.1) is 0 Å². The second kappa shape index (κ2) is 6.86. The van der Waals surface area contributed by atoms with E-state index in [4.69, 9.17) is 0 Å². The summed E-state index contributed by atoms with van der Waals surface area (Å²) in [5.74, 6) is 0.512. The molecule has 1 aliphatic rings. The fourth-order valence-electron chi connectivity index (χ4n) is 2.99. The van der Waals surface area contributed by atoms with Gasteiger partial charge in [-0.2, -0.15) is 0 Å². The molecule has 2 heterocycles. The van der Waals surface area contributed by atoms with Crippen molar-refractivity contribution in [2.75, 3.05) is 18.9 Å². The SMILES string of the molecule is CN1CCCC(=O)[C@H]1c1ccc(Nc2nc(Br)cn(C)c2=O)cc1. The van der Waals surface area contributed by atoms with E-state index in [1.807, 2.05) is 31.3 Å². The lowest BCUT2D eigenvalue weighted by atomic mass is 9.94.